The van der Waals surface area contributed by atoms with Gasteiger partial charge in [0.15, 0.2) is 0 Å². The molecule has 2 N–H and O–H groups in total. The number of methoxy groups -OCH3 is 1. The van der Waals surface area contributed by atoms with Crippen LogP contribution in [0.5, 0.6) is 11.5 Å². The SMILES string of the molecule is COc1ccc(-n2nc(C)c3c2NC(=O)CS[C@@H]3c2cccc(O)c2)cc1. The Morgan fingerprint density at radius 2 is 2.04 bits per heavy atom. The van der Waals surface area contributed by atoms with Crippen LogP contribution in [0.15, 0.2) is 48.5 Å². The number of phenolic OH excluding ortho intramolecular Hbond substituents is 1. The van der Waals surface area contributed by atoms with E-state index in [1.807, 2.05) is 43.3 Å². The largest absolute Gasteiger partial charge is 0.508 e. The number of aromatic nitrogens is 2. The summed E-state index contributed by atoms with van der Waals surface area (Å²) >= 11 is 1.53. The van der Waals surface area contributed by atoms with Crippen molar-refractivity contribution in [2.75, 3.05) is 18.2 Å². The van der Waals surface area contributed by atoms with Gasteiger partial charge in [0.05, 0.1) is 29.5 Å². The molecule has 0 saturated heterocycles. The monoisotopic (exact) mass is 381 g/mol. The maximum atomic E-state index is 12.3. The minimum absolute atomic E-state index is 0.0708. The van der Waals surface area contributed by atoms with Crippen LogP contribution in [-0.4, -0.2) is 33.7 Å². The Morgan fingerprint density at radius 3 is 2.74 bits per heavy atom. The molecular weight excluding hydrogens is 362 g/mol. The summed E-state index contributed by atoms with van der Waals surface area (Å²) in [5, 5.41) is 17.5. The number of amides is 1. The molecule has 0 spiro atoms. The Bertz CT molecular complexity index is 998. The number of ether oxygens (including phenoxy) is 1. The topological polar surface area (TPSA) is 76.4 Å². The Morgan fingerprint density at radius 1 is 1.26 bits per heavy atom. The predicted molar refractivity (Wildman–Crippen MR) is 106 cm³/mol. The first-order chi connectivity index (χ1) is 13.1. The lowest BCUT2D eigenvalue weighted by Gasteiger charge is -2.15. The molecule has 7 heteroatoms. The van der Waals surface area contributed by atoms with Crippen LogP contribution in [0.3, 0.4) is 0 Å². The maximum Gasteiger partial charge on any atom is 0.235 e. The second kappa shape index (κ2) is 7.00. The number of aryl methyl sites for hydroxylation is 1. The Labute approximate surface area is 161 Å². The van der Waals surface area contributed by atoms with Crippen LogP contribution in [0.1, 0.15) is 22.1 Å². The molecule has 0 unspecified atom stereocenters. The molecule has 0 saturated carbocycles. The number of phenols is 1. The second-order valence-corrected chi connectivity index (χ2v) is 7.39. The van der Waals surface area contributed by atoms with Crippen LogP contribution >= 0.6 is 11.8 Å². The Kier molecular flexibility index (Phi) is 4.53. The molecular formula is C20H19N3O3S. The van der Waals surface area contributed by atoms with Crippen molar-refractivity contribution >= 4 is 23.5 Å². The van der Waals surface area contributed by atoms with E-state index in [-0.39, 0.29) is 16.9 Å². The third-order valence-electron chi connectivity index (χ3n) is 4.50. The quantitative estimate of drug-likeness (QED) is 0.724. The van der Waals surface area contributed by atoms with Crippen molar-refractivity contribution in [1.29, 1.82) is 0 Å². The minimum atomic E-state index is -0.0990. The van der Waals surface area contributed by atoms with E-state index in [9.17, 15) is 9.90 Å². The molecule has 2 heterocycles. The second-order valence-electron chi connectivity index (χ2n) is 6.29. The highest BCUT2D eigenvalue weighted by Gasteiger charge is 2.30. The number of carbonyl (C=O) groups is 1. The van der Waals surface area contributed by atoms with Gasteiger partial charge in [0.25, 0.3) is 0 Å². The molecule has 0 fully saturated rings. The van der Waals surface area contributed by atoms with Gasteiger partial charge in [-0.2, -0.15) is 5.10 Å². The van der Waals surface area contributed by atoms with Crippen LogP contribution in [0.2, 0.25) is 0 Å². The molecule has 1 aliphatic rings. The van der Waals surface area contributed by atoms with Crippen LogP contribution in [0.4, 0.5) is 5.82 Å². The number of hydrogen-bond acceptors (Lipinski definition) is 5. The normalized spacial score (nSPS) is 16.4. The zero-order valence-electron chi connectivity index (χ0n) is 15.0. The molecule has 2 aromatic carbocycles. The number of aromatic hydroxyl groups is 1. The summed E-state index contributed by atoms with van der Waals surface area (Å²) in [6.07, 6.45) is 0. The smallest absolute Gasteiger partial charge is 0.235 e. The molecule has 1 aromatic heterocycles. The lowest BCUT2D eigenvalue weighted by Crippen LogP contribution is -2.15. The fourth-order valence-electron chi connectivity index (χ4n) is 3.25. The van der Waals surface area contributed by atoms with E-state index in [0.29, 0.717) is 11.6 Å². The molecule has 4 rings (SSSR count). The predicted octanol–water partition coefficient (Wildman–Crippen LogP) is 3.67. The fourth-order valence-corrected chi connectivity index (χ4v) is 4.42. The highest BCUT2D eigenvalue weighted by molar-refractivity contribution is 8.00. The summed E-state index contributed by atoms with van der Waals surface area (Å²) in [7, 11) is 1.62. The summed E-state index contributed by atoms with van der Waals surface area (Å²) in [5.41, 5.74) is 3.56. The molecule has 1 atom stereocenters. The molecule has 27 heavy (non-hydrogen) atoms. The standard InChI is InChI=1S/C20H19N3O3S/c1-12-18-19(13-4-3-5-15(24)10-13)27-11-17(25)21-20(18)23(22-12)14-6-8-16(26-2)9-7-14/h3-10,19,24H,11H2,1-2H3,(H,21,25)/t19-/m1/s1. The first-order valence-corrected chi connectivity index (χ1v) is 9.56. The van der Waals surface area contributed by atoms with Gasteiger partial charge in [0.1, 0.15) is 17.3 Å². The van der Waals surface area contributed by atoms with Crippen LogP contribution in [-0.2, 0) is 4.79 Å². The summed E-state index contributed by atoms with van der Waals surface area (Å²) in [4.78, 5) is 12.3. The summed E-state index contributed by atoms with van der Waals surface area (Å²) in [6, 6.07) is 14.7. The van der Waals surface area contributed by atoms with Crippen molar-refractivity contribution in [2.24, 2.45) is 0 Å². The summed E-state index contributed by atoms with van der Waals surface area (Å²) < 4.78 is 6.97. The highest BCUT2D eigenvalue weighted by atomic mass is 32.2. The number of nitrogens with one attached hydrogen (secondary N) is 1. The van der Waals surface area contributed by atoms with Crippen molar-refractivity contribution in [3.63, 3.8) is 0 Å². The van der Waals surface area contributed by atoms with Crippen molar-refractivity contribution in [1.82, 2.24) is 9.78 Å². The van der Waals surface area contributed by atoms with E-state index in [1.165, 1.54) is 11.8 Å². The van der Waals surface area contributed by atoms with E-state index >= 15 is 0 Å². The molecule has 1 amide bonds. The average Bonchev–Trinajstić information content (AvgIpc) is 2.87. The van der Waals surface area contributed by atoms with E-state index < -0.39 is 0 Å². The van der Waals surface area contributed by atoms with Crippen LogP contribution in [0.25, 0.3) is 5.69 Å². The van der Waals surface area contributed by atoms with Gasteiger partial charge in [-0.15, -0.1) is 11.8 Å². The number of carbonyl (C=O) groups excluding carboxylic acids is 1. The number of fused-ring (bicyclic) bond motifs is 1. The van der Waals surface area contributed by atoms with Crippen LogP contribution < -0.4 is 10.1 Å². The summed E-state index contributed by atoms with van der Waals surface area (Å²) in [5.74, 6) is 1.89. The van der Waals surface area contributed by atoms with Gasteiger partial charge in [0, 0.05) is 5.56 Å². The number of rotatable bonds is 3. The van der Waals surface area contributed by atoms with E-state index in [1.54, 1.807) is 23.9 Å². The van der Waals surface area contributed by atoms with Crippen LogP contribution in [0, 0.1) is 6.92 Å². The summed E-state index contributed by atoms with van der Waals surface area (Å²) in [6.45, 7) is 1.94. The lowest BCUT2D eigenvalue weighted by molar-refractivity contribution is -0.113. The Hall–Kier alpha value is -2.93. The molecule has 6 nitrogen and oxygen atoms in total. The third-order valence-corrected chi connectivity index (χ3v) is 5.77. The van der Waals surface area contributed by atoms with Gasteiger partial charge >= 0.3 is 0 Å². The zero-order valence-corrected chi connectivity index (χ0v) is 15.8. The van der Waals surface area contributed by atoms with E-state index in [2.05, 4.69) is 10.4 Å². The van der Waals surface area contributed by atoms with E-state index in [4.69, 9.17) is 4.74 Å². The molecule has 0 bridgehead atoms. The van der Waals surface area contributed by atoms with Crippen molar-refractivity contribution in [3.8, 4) is 17.2 Å². The van der Waals surface area contributed by atoms with Gasteiger partial charge in [-0.25, -0.2) is 4.68 Å². The molecule has 138 valence electrons. The van der Waals surface area contributed by atoms with E-state index in [0.717, 1.165) is 28.3 Å². The lowest BCUT2D eigenvalue weighted by atomic mass is 10.0. The maximum absolute atomic E-state index is 12.3. The molecule has 0 aliphatic carbocycles. The molecule has 3 aromatic rings. The molecule has 1 aliphatic heterocycles. The first-order valence-electron chi connectivity index (χ1n) is 8.51. The fraction of sp³-hybridized carbons (Fsp3) is 0.200. The van der Waals surface area contributed by atoms with Gasteiger partial charge in [-0.05, 0) is 48.9 Å². The first kappa shape index (κ1) is 17.5. The average molecular weight is 381 g/mol. The third kappa shape index (κ3) is 3.26. The minimum Gasteiger partial charge on any atom is -0.508 e. The van der Waals surface area contributed by atoms with Crippen molar-refractivity contribution in [2.45, 2.75) is 12.2 Å². The Balaban J connectivity index is 1.86. The van der Waals surface area contributed by atoms with Crippen molar-refractivity contribution < 1.29 is 14.6 Å². The van der Waals surface area contributed by atoms with Gasteiger partial charge in [0.2, 0.25) is 5.91 Å². The number of hydrogen-bond donors (Lipinski definition) is 2. The highest BCUT2D eigenvalue weighted by Crippen LogP contribution is 2.44. The van der Waals surface area contributed by atoms with Gasteiger partial charge < -0.3 is 15.2 Å². The zero-order chi connectivity index (χ0) is 19.0. The number of anilines is 1. The van der Waals surface area contributed by atoms with Crippen molar-refractivity contribution in [3.05, 3.63) is 65.4 Å². The number of nitrogens with zero attached hydrogens (tertiary/aromatic N) is 2. The molecule has 0 radical (unpaired) electrons. The van der Waals surface area contributed by atoms with Gasteiger partial charge in [-0.1, -0.05) is 12.1 Å². The number of thioether (sulfide) groups is 1. The van der Waals surface area contributed by atoms with Gasteiger partial charge in [-0.3, -0.25) is 4.79 Å². The number of benzene rings is 2.